The van der Waals surface area contributed by atoms with Gasteiger partial charge in [0.1, 0.15) is 6.17 Å². The van der Waals surface area contributed by atoms with E-state index in [0.717, 1.165) is 17.0 Å². The van der Waals surface area contributed by atoms with E-state index >= 15 is 0 Å². The Morgan fingerprint density at radius 2 is 1.81 bits per heavy atom. The second kappa shape index (κ2) is 6.39. The molecule has 148 valence electrons. The van der Waals surface area contributed by atoms with Crippen LogP contribution < -0.4 is 10.5 Å². The third-order valence-corrected chi connectivity index (χ3v) is 4.46. The number of hydrogen-bond acceptors (Lipinski definition) is 3. The number of aliphatic hydroxyl groups is 1. The van der Waals surface area contributed by atoms with Crippen molar-refractivity contribution in [1.82, 2.24) is 4.98 Å². The Bertz CT molecular complexity index is 906. The van der Waals surface area contributed by atoms with Gasteiger partial charge < -0.3 is 15.0 Å². The number of pyridine rings is 1. The number of halogens is 7. The molecule has 2 aromatic rings. The maximum atomic E-state index is 13.7. The number of aliphatic hydroxyl groups excluding tert-OH is 1. The monoisotopic (exact) mass is 398 g/mol. The zero-order valence-electron chi connectivity index (χ0n) is 13.4. The second-order valence-corrected chi connectivity index (χ2v) is 6.31. The lowest BCUT2D eigenvalue weighted by Gasteiger charge is -2.31. The lowest BCUT2D eigenvalue weighted by molar-refractivity contribution is -0.209. The third-order valence-electron chi connectivity index (χ3n) is 4.46. The van der Waals surface area contributed by atoms with Crippen LogP contribution in [0.4, 0.5) is 36.4 Å². The van der Waals surface area contributed by atoms with Gasteiger partial charge in [0.25, 0.3) is 0 Å². The summed E-state index contributed by atoms with van der Waals surface area (Å²) in [6.45, 7) is -0.506. The summed E-state index contributed by atoms with van der Waals surface area (Å²) in [5.74, 6) is 0. The molecule has 1 fully saturated rings. The molecule has 0 bridgehead atoms. The number of benzene rings is 1. The summed E-state index contributed by atoms with van der Waals surface area (Å²) < 4.78 is 91.9. The van der Waals surface area contributed by atoms with Crippen molar-refractivity contribution in [1.29, 1.82) is 0 Å². The van der Waals surface area contributed by atoms with Gasteiger partial charge in [0.2, 0.25) is 5.56 Å². The number of aromatic amines is 1. The number of alkyl halides is 7. The van der Waals surface area contributed by atoms with E-state index in [1.807, 2.05) is 0 Å². The van der Waals surface area contributed by atoms with Crippen LogP contribution in [0.2, 0.25) is 0 Å². The van der Waals surface area contributed by atoms with Crippen molar-refractivity contribution in [3.63, 3.8) is 0 Å². The minimum atomic E-state index is -5.01. The number of anilines is 1. The summed E-state index contributed by atoms with van der Waals surface area (Å²) >= 11 is 0. The number of aromatic nitrogens is 1. The summed E-state index contributed by atoms with van der Waals surface area (Å²) in [5.41, 5.74) is -2.53. The van der Waals surface area contributed by atoms with Crippen LogP contribution in [0.3, 0.4) is 0 Å². The third kappa shape index (κ3) is 3.73. The normalized spacial score (nSPS) is 22.4. The number of rotatable bonds is 2. The standard InChI is InChI=1S/C16H13F7N2O2/c17-7-3-12(14(27)16(21,22)23)25(6-7)8-1-2-11-9(4-8)10(15(18,19)20)5-13(26)24-11/h1-2,4-5,7,12,14,27H,3,6H2,(H,24,26)/t7-,12?,14+/m0/s1. The van der Waals surface area contributed by atoms with E-state index in [1.54, 1.807) is 0 Å². The molecule has 0 aliphatic carbocycles. The van der Waals surface area contributed by atoms with Crippen molar-refractivity contribution in [2.75, 3.05) is 11.4 Å². The van der Waals surface area contributed by atoms with E-state index < -0.39 is 60.1 Å². The lowest BCUT2D eigenvalue weighted by Crippen LogP contribution is -2.47. The quantitative estimate of drug-likeness (QED) is 0.763. The van der Waals surface area contributed by atoms with Crippen LogP contribution in [-0.2, 0) is 6.18 Å². The molecule has 11 heteroatoms. The zero-order chi connectivity index (χ0) is 20.1. The van der Waals surface area contributed by atoms with Gasteiger partial charge in [-0.15, -0.1) is 0 Å². The molecule has 27 heavy (non-hydrogen) atoms. The van der Waals surface area contributed by atoms with Gasteiger partial charge in [-0.2, -0.15) is 26.3 Å². The van der Waals surface area contributed by atoms with Gasteiger partial charge in [-0.1, -0.05) is 0 Å². The highest BCUT2D eigenvalue weighted by Crippen LogP contribution is 2.38. The minimum Gasteiger partial charge on any atom is -0.382 e. The Morgan fingerprint density at radius 3 is 2.41 bits per heavy atom. The fourth-order valence-electron chi connectivity index (χ4n) is 3.28. The smallest absolute Gasteiger partial charge is 0.382 e. The van der Waals surface area contributed by atoms with Gasteiger partial charge in [-0.25, -0.2) is 4.39 Å². The second-order valence-electron chi connectivity index (χ2n) is 6.31. The number of fused-ring (bicyclic) bond motifs is 1. The predicted molar refractivity (Wildman–Crippen MR) is 82.3 cm³/mol. The molecule has 0 amide bonds. The Balaban J connectivity index is 2.11. The Labute approximate surface area is 147 Å². The first kappa shape index (κ1) is 19.5. The van der Waals surface area contributed by atoms with E-state index in [2.05, 4.69) is 4.98 Å². The van der Waals surface area contributed by atoms with Crippen molar-refractivity contribution >= 4 is 16.6 Å². The average Bonchev–Trinajstić information content (AvgIpc) is 2.92. The molecule has 2 N–H and O–H groups in total. The highest BCUT2D eigenvalue weighted by Gasteiger charge is 2.49. The number of nitrogens with zero attached hydrogens (tertiary/aromatic N) is 1. The van der Waals surface area contributed by atoms with E-state index in [4.69, 9.17) is 0 Å². The van der Waals surface area contributed by atoms with Crippen LogP contribution >= 0.6 is 0 Å². The predicted octanol–water partition coefficient (Wildman–Crippen LogP) is 3.39. The summed E-state index contributed by atoms with van der Waals surface area (Å²) in [6.07, 6.45) is -15.0. The molecular weight excluding hydrogens is 385 g/mol. The molecular formula is C16H13F7N2O2. The van der Waals surface area contributed by atoms with Gasteiger partial charge in [0, 0.05) is 35.6 Å². The Kier molecular flexibility index (Phi) is 4.61. The van der Waals surface area contributed by atoms with Crippen LogP contribution in [-0.4, -0.2) is 41.1 Å². The summed E-state index contributed by atoms with van der Waals surface area (Å²) in [4.78, 5) is 14.5. The lowest BCUT2D eigenvalue weighted by atomic mass is 10.0. The van der Waals surface area contributed by atoms with Crippen LogP contribution in [0.15, 0.2) is 29.1 Å². The number of hydrogen-bond donors (Lipinski definition) is 2. The van der Waals surface area contributed by atoms with Crippen molar-refractivity contribution < 1.29 is 35.8 Å². The SMILES string of the molecule is O=c1cc(C(F)(F)F)c2cc(N3C[C@@H](F)CC3[C@@H](O)C(F)(F)F)ccc2[nH]1. The summed E-state index contributed by atoms with van der Waals surface area (Å²) in [6, 6.07) is 1.88. The van der Waals surface area contributed by atoms with E-state index in [1.165, 1.54) is 6.07 Å². The molecule has 1 saturated heterocycles. The Hall–Kier alpha value is -2.30. The maximum absolute atomic E-state index is 13.7. The first-order chi connectivity index (χ1) is 12.4. The summed E-state index contributed by atoms with van der Waals surface area (Å²) in [7, 11) is 0. The van der Waals surface area contributed by atoms with E-state index in [9.17, 15) is 40.6 Å². The highest BCUT2D eigenvalue weighted by atomic mass is 19.4. The molecule has 1 unspecified atom stereocenters. The largest absolute Gasteiger partial charge is 0.417 e. The van der Waals surface area contributed by atoms with Crippen LogP contribution in [0.5, 0.6) is 0 Å². The molecule has 1 aliphatic heterocycles. The molecule has 0 radical (unpaired) electrons. The fourth-order valence-corrected chi connectivity index (χ4v) is 3.28. The van der Waals surface area contributed by atoms with Crippen molar-refractivity contribution in [2.24, 2.45) is 0 Å². The first-order valence-corrected chi connectivity index (χ1v) is 7.77. The minimum absolute atomic E-state index is 0.117. The zero-order valence-corrected chi connectivity index (χ0v) is 13.4. The van der Waals surface area contributed by atoms with Crippen molar-refractivity contribution in [3.05, 3.63) is 40.2 Å². The average molecular weight is 398 g/mol. The van der Waals surface area contributed by atoms with Gasteiger partial charge in [-0.3, -0.25) is 4.79 Å². The van der Waals surface area contributed by atoms with Gasteiger partial charge >= 0.3 is 12.4 Å². The number of H-pyrrole nitrogens is 1. The topological polar surface area (TPSA) is 56.3 Å². The van der Waals surface area contributed by atoms with Crippen LogP contribution in [0, 0.1) is 0 Å². The molecule has 1 aliphatic rings. The van der Waals surface area contributed by atoms with Gasteiger partial charge in [0.05, 0.1) is 11.6 Å². The fraction of sp³-hybridized carbons (Fsp3) is 0.438. The van der Waals surface area contributed by atoms with Crippen LogP contribution in [0.1, 0.15) is 12.0 Å². The van der Waals surface area contributed by atoms with Crippen molar-refractivity contribution in [2.45, 2.75) is 37.1 Å². The van der Waals surface area contributed by atoms with E-state index in [-0.39, 0.29) is 11.2 Å². The molecule has 1 aromatic heterocycles. The molecule has 2 heterocycles. The van der Waals surface area contributed by atoms with Crippen molar-refractivity contribution in [3.8, 4) is 0 Å². The van der Waals surface area contributed by atoms with Gasteiger partial charge in [-0.05, 0) is 18.2 Å². The maximum Gasteiger partial charge on any atom is 0.417 e. The first-order valence-electron chi connectivity index (χ1n) is 7.77. The summed E-state index contributed by atoms with van der Waals surface area (Å²) in [5, 5.41) is 9.07. The van der Waals surface area contributed by atoms with Gasteiger partial charge in [0.15, 0.2) is 6.10 Å². The molecule has 3 rings (SSSR count). The van der Waals surface area contributed by atoms with E-state index in [0.29, 0.717) is 6.07 Å². The van der Waals surface area contributed by atoms with Crippen LogP contribution in [0.25, 0.3) is 10.9 Å². The molecule has 4 nitrogen and oxygen atoms in total. The highest BCUT2D eigenvalue weighted by molar-refractivity contribution is 5.86. The molecule has 0 saturated carbocycles. The number of nitrogens with one attached hydrogen (secondary N) is 1. The molecule has 0 spiro atoms. The Morgan fingerprint density at radius 1 is 1.15 bits per heavy atom. The molecule has 1 aromatic carbocycles. The molecule has 3 atom stereocenters.